The Morgan fingerprint density at radius 2 is 1.21 bits per heavy atom. The van der Waals surface area contributed by atoms with Crippen molar-refractivity contribution in [2.75, 3.05) is 0 Å². The van der Waals surface area contributed by atoms with Gasteiger partial charge in [0.2, 0.25) is 0 Å². The summed E-state index contributed by atoms with van der Waals surface area (Å²) in [5, 5.41) is 0.543. The maximum atomic E-state index is 15.2. The summed E-state index contributed by atoms with van der Waals surface area (Å²) in [7, 11) is 0.290. The van der Waals surface area contributed by atoms with Crippen LogP contribution < -0.4 is 10.0 Å². The maximum Gasteiger partial charge on any atom is 0.130 e. The van der Waals surface area contributed by atoms with Crippen molar-refractivity contribution in [3.8, 4) is 5.75 Å². The van der Waals surface area contributed by atoms with E-state index in [1.54, 1.807) is 12.1 Å². The lowest BCUT2D eigenvalue weighted by Crippen LogP contribution is -2.25. The van der Waals surface area contributed by atoms with Gasteiger partial charge in [0, 0.05) is 22.4 Å². The van der Waals surface area contributed by atoms with Crippen molar-refractivity contribution in [3.05, 3.63) is 167 Å². The molecule has 5 rings (SSSR count). The highest BCUT2D eigenvalue weighted by Crippen LogP contribution is 2.52. The summed E-state index contributed by atoms with van der Waals surface area (Å²) in [6, 6.07) is 43.6. The minimum atomic E-state index is -0.249. The van der Waals surface area contributed by atoms with Crippen LogP contribution in [-0.2, 0) is 24.6 Å². The lowest BCUT2D eigenvalue weighted by Gasteiger charge is -2.36. The second-order valence-corrected chi connectivity index (χ2v) is 12.8. The minimum Gasteiger partial charge on any atom is -0.488 e. The van der Waals surface area contributed by atoms with Crippen LogP contribution in [0.3, 0.4) is 0 Å². The van der Waals surface area contributed by atoms with Crippen LogP contribution in [0.15, 0.2) is 127 Å². The van der Waals surface area contributed by atoms with Gasteiger partial charge >= 0.3 is 0 Å². The number of benzene rings is 5. The fraction of sp³-hybridized carbons (Fsp3) is 0.231. The highest BCUT2D eigenvalue weighted by molar-refractivity contribution is 7.48. The van der Waals surface area contributed by atoms with Crippen LogP contribution in [0.5, 0.6) is 5.75 Å². The molecule has 0 aliphatic heterocycles. The molecule has 214 valence electrons. The fourth-order valence-corrected chi connectivity index (χ4v) is 7.63. The first-order chi connectivity index (χ1) is 20.6. The zero-order chi connectivity index (χ0) is 29.2. The van der Waals surface area contributed by atoms with Crippen molar-refractivity contribution >= 4 is 13.9 Å². The van der Waals surface area contributed by atoms with E-state index in [-0.39, 0.29) is 19.6 Å². The third-order valence-corrected chi connectivity index (χ3v) is 10.0. The van der Waals surface area contributed by atoms with Crippen LogP contribution in [0.2, 0.25) is 0 Å². The van der Waals surface area contributed by atoms with Gasteiger partial charge in [0.1, 0.15) is 18.2 Å². The van der Waals surface area contributed by atoms with Gasteiger partial charge in [0.05, 0.1) is 0 Å². The van der Waals surface area contributed by atoms with Crippen molar-refractivity contribution in [1.29, 1.82) is 0 Å². The first-order valence-corrected chi connectivity index (χ1v) is 16.0. The molecule has 3 heteroatoms. The summed E-state index contributed by atoms with van der Waals surface area (Å²) in [5.41, 5.74) is 7.33. The highest BCUT2D eigenvalue weighted by atomic mass is 31.1. The van der Waals surface area contributed by atoms with E-state index < -0.39 is 0 Å². The van der Waals surface area contributed by atoms with Gasteiger partial charge in [-0.2, -0.15) is 0 Å². The van der Waals surface area contributed by atoms with Gasteiger partial charge in [-0.3, -0.25) is 0 Å². The average Bonchev–Trinajstić information content (AvgIpc) is 3.03. The highest BCUT2D eigenvalue weighted by Gasteiger charge is 2.35. The Morgan fingerprint density at radius 3 is 1.81 bits per heavy atom. The van der Waals surface area contributed by atoms with Crippen LogP contribution >= 0.6 is 8.58 Å². The zero-order valence-electron chi connectivity index (χ0n) is 24.7. The van der Waals surface area contributed by atoms with Gasteiger partial charge < -0.3 is 4.74 Å². The summed E-state index contributed by atoms with van der Waals surface area (Å²) >= 11 is 0. The Morgan fingerprint density at radius 1 is 0.643 bits per heavy atom. The second kappa shape index (κ2) is 14.4. The standard InChI is InChI=1S/C39H40FOP/c1-3-24-39(4-2,42-37-23-15-14-22-36(37)40)35-28-33(25-30-16-8-5-9-17-30)27-34(26-31-18-10-6-11-19-31)38(35)41-29-32-20-12-7-13-21-32/h5-23,27-28,42H,3-4,24-26,29H2,1-2H3. The smallest absolute Gasteiger partial charge is 0.130 e. The lowest BCUT2D eigenvalue weighted by molar-refractivity contribution is 0.295. The molecule has 2 atom stereocenters. The fourth-order valence-electron chi connectivity index (χ4n) is 5.86. The Kier molecular flexibility index (Phi) is 10.2. The Balaban J connectivity index is 1.69. The summed E-state index contributed by atoms with van der Waals surface area (Å²) < 4.78 is 22.1. The molecule has 2 unspecified atom stereocenters. The maximum absolute atomic E-state index is 15.2. The van der Waals surface area contributed by atoms with E-state index in [4.69, 9.17) is 4.74 Å². The summed E-state index contributed by atoms with van der Waals surface area (Å²) in [4.78, 5) is 0. The SMILES string of the molecule is CCCC(CC)(Pc1ccccc1F)c1cc(Cc2ccccc2)cc(Cc2ccccc2)c1OCc1ccccc1. The van der Waals surface area contributed by atoms with E-state index in [1.807, 2.05) is 18.2 Å². The molecule has 0 aliphatic carbocycles. The van der Waals surface area contributed by atoms with Crippen LogP contribution in [0.1, 0.15) is 66.5 Å². The first-order valence-electron chi connectivity index (χ1n) is 15.0. The van der Waals surface area contributed by atoms with Crippen molar-refractivity contribution in [2.45, 2.75) is 57.7 Å². The number of rotatable bonds is 13. The topological polar surface area (TPSA) is 9.23 Å². The van der Waals surface area contributed by atoms with Crippen molar-refractivity contribution < 1.29 is 9.13 Å². The number of hydrogen-bond donors (Lipinski definition) is 0. The number of ether oxygens (including phenoxy) is 1. The Bertz CT molecular complexity index is 1550. The lowest BCUT2D eigenvalue weighted by atomic mass is 9.85. The summed E-state index contributed by atoms with van der Waals surface area (Å²) in [5.74, 6) is 0.833. The summed E-state index contributed by atoms with van der Waals surface area (Å²) in [6.45, 7) is 4.98. The van der Waals surface area contributed by atoms with Gasteiger partial charge in [-0.05, 0) is 53.1 Å². The predicted molar refractivity (Wildman–Crippen MR) is 177 cm³/mol. The Hall–Kier alpha value is -3.74. The predicted octanol–water partition coefficient (Wildman–Crippen LogP) is 10.00. The van der Waals surface area contributed by atoms with Crippen LogP contribution in [0.4, 0.5) is 4.39 Å². The third kappa shape index (κ3) is 7.36. The minimum absolute atomic E-state index is 0.124. The van der Waals surface area contributed by atoms with Crippen molar-refractivity contribution in [2.24, 2.45) is 0 Å². The number of halogens is 1. The van der Waals surface area contributed by atoms with Gasteiger partial charge in [0.25, 0.3) is 0 Å². The van der Waals surface area contributed by atoms with Gasteiger partial charge in [-0.1, -0.05) is 150 Å². The molecule has 0 amide bonds. The third-order valence-electron chi connectivity index (χ3n) is 7.98. The molecule has 1 nitrogen and oxygen atoms in total. The van der Waals surface area contributed by atoms with E-state index in [1.165, 1.54) is 27.8 Å². The van der Waals surface area contributed by atoms with Crippen LogP contribution in [-0.4, -0.2) is 0 Å². The van der Waals surface area contributed by atoms with Gasteiger partial charge in [0.15, 0.2) is 0 Å². The molecule has 42 heavy (non-hydrogen) atoms. The van der Waals surface area contributed by atoms with Crippen molar-refractivity contribution in [3.63, 3.8) is 0 Å². The van der Waals surface area contributed by atoms with Crippen molar-refractivity contribution in [1.82, 2.24) is 0 Å². The van der Waals surface area contributed by atoms with E-state index in [0.29, 0.717) is 6.61 Å². The Labute approximate surface area is 252 Å². The monoisotopic (exact) mass is 574 g/mol. The average molecular weight is 575 g/mol. The quantitative estimate of drug-likeness (QED) is 0.127. The zero-order valence-corrected chi connectivity index (χ0v) is 25.7. The van der Waals surface area contributed by atoms with E-state index in [9.17, 15) is 0 Å². The van der Waals surface area contributed by atoms with Gasteiger partial charge in [-0.25, -0.2) is 4.39 Å². The van der Waals surface area contributed by atoms with Crippen LogP contribution in [0, 0.1) is 5.82 Å². The molecule has 0 spiro atoms. The molecule has 0 saturated heterocycles. The molecule has 0 aliphatic rings. The molecular formula is C39H40FOP. The number of hydrogen-bond acceptors (Lipinski definition) is 1. The van der Waals surface area contributed by atoms with Crippen LogP contribution in [0.25, 0.3) is 0 Å². The molecule has 0 fully saturated rings. The molecule has 0 N–H and O–H groups in total. The summed E-state index contributed by atoms with van der Waals surface area (Å²) in [6.07, 6.45) is 4.47. The molecule has 5 aromatic rings. The molecule has 0 saturated carbocycles. The van der Waals surface area contributed by atoms with E-state index in [2.05, 4.69) is 111 Å². The van der Waals surface area contributed by atoms with Gasteiger partial charge in [-0.15, -0.1) is 0 Å². The molecule has 0 bridgehead atoms. The largest absolute Gasteiger partial charge is 0.488 e. The molecule has 0 radical (unpaired) electrons. The molecule has 0 heterocycles. The van der Waals surface area contributed by atoms with E-state index in [0.717, 1.165) is 48.7 Å². The second-order valence-electron chi connectivity index (χ2n) is 11.0. The normalized spacial score (nSPS) is 12.8. The molecule has 0 aromatic heterocycles. The first kappa shape index (κ1) is 29.7. The van der Waals surface area contributed by atoms with E-state index >= 15 is 4.39 Å². The molecule has 5 aromatic carbocycles. The molecular weight excluding hydrogens is 534 g/mol.